The smallest absolute Gasteiger partial charge is 0.261 e. The van der Waals surface area contributed by atoms with Gasteiger partial charge in [0, 0.05) is 26.5 Å². The minimum absolute atomic E-state index is 0.0894. The maximum Gasteiger partial charge on any atom is 0.261 e. The fourth-order valence-corrected chi connectivity index (χ4v) is 5.69. The van der Waals surface area contributed by atoms with Gasteiger partial charge in [0.2, 0.25) is 0 Å². The number of hydrogen-bond acceptors (Lipinski definition) is 6. The van der Waals surface area contributed by atoms with Crippen molar-refractivity contribution in [2.75, 3.05) is 12.8 Å². The lowest BCUT2D eigenvalue weighted by molar-refractivity contribution is 0.0977. The number of amides is 1. The molecule has 1 aromatic heterocycles. The van der Waals surface area contributed by atoms with E-state index in [1.807, 2.05) is 43.3 Å². The van der Waals surface area contributed by atoms with Gasteiger partial charge in [-0.2, -0.15) is 4.37 Å². The minimum atomic E-state index is -0.306. The lowest BCUT2D eigenvalue weighted by Crippen LogP contribution is -2.37. The van der Waals surface area contributed by atoms with Crippen molar-refractivity contribution >= 4 is 60.9 Å². The number of fused-ring (bicyclic) bond motifs is 1. The van der Waals surface area contributed by atoms with E-state index in [-0.39, 0.29) is 17.9 Å². The highest BCUT2D eigenvalue weighted by atomic mass is 79.9. The van der Waals surface area contributed by atoms with Crippen molar-refractivity contribution in [2.45, 2.75) is 25.8 Å². The molecule has 1 aliphatic carbocycles. The molecule has 0 fully saturated rings. The van der Waals surface area contributed by atoms with E-state index in [0.717, 1.165) is 50.5 Å². The van der Waals surface area contributed by atoms with Crippen molar-refractivity contribution in [2.24, 2.45) is 10.7 Å². The van der Waals surface area contributed by atoms with E-state index in [1.54, 1.807) is 0 Å². The Morgan fingerprint density at radius 2 is 1.97 bits per heavy atom. The molecule has 1 unspecified atom stereocenters. The average Bonchev–Trinajstić information content (AvgIpc) is 3.37. The van der Waals surface area contributed by atoms with E-state index in [0.29, 0.717) is 16.9 Å². The molecule has 168 valence electrons. The molecule has 10 heteroatoms. The summed E-state index contributed by atoms with van der Waals surface area (Å²) in [5.41, 5.74) is 17.1. The highest BCUT2D eigenvalue weighted by Crippen LogP contribution is 2.43. The lowest BCUT2D eigenvalue weighted by Gasteiger charge is -2.12. The summed E-state index contributed by atoms with van der Waals surface area (Å²) in [4.78, 5) is 18.4. The standard InChI is InChI=1S/C21H19Br2N5OS.CH4O/c1-10-16(19(28-30-10)11-5-3-2-4-6-11)20(29)27-21(25)26-15-8-7-12-13(15)9-14(22)18(24)17(12)23;1-2/h2-6,9,15H,7-8,24H2,1H3,(H3,25,26,27,29);2H,1H3. The second-order valence-corrected chi connectivity index (χ2v) is 9.63. The van der Waals surface area contributed by atoms with Crippen LogP contribution in [0.25, 0.3) is 11.3 Å². The van der Waals surface area contributed by atoms with Gasteiger partial charge in [0.05, 0.1) is 23.0 Å². The van der Waals surface area contributed by atoms with Crippen molar-refractivity contribution in [1.29, 1.82) is 0 Å². The molecular formula is C22H23Br2N5O2S. The van der Waals surface area contributed by atoms with Crippen LogP contribution in [0.2, 0.25) is 0 Å². The van der Waals surface area contributed by atoms with Gasteiger partial charge in [-0.25, -0.2) is 4.99 Å². The number of anilines is 1. The lowest BCUT2D eigenvalue weighted by atomic mass is 10.1. The van der Waals surface area contributed by atoms with Crippen LogP contribution in [0.3, 0.4) is 0 Å². The minimum Gasteiger partial charge on any atom is -0.400 e. The summed E-state index contributed by atoms with van der Waals surface area (Å²) < 4.78 is 6.15. The number of hydrogen-bond donors (Lipinski definition) is 4. The highest BCUT2D eigenvalue weighted by Gasteiger charge is 2.27. The molecular weight excluding hydrogens is 558 g/mol. The molecule has 1 heterocycles. The van der Waals surface area contributed by atoms with Gasteiger partial charge in [0.1, 0.15) is 0 Å². The van der Waals surface area contributed by atoms with E-state index in [2.05, 4.69) is 46.5 Å². The normalized spacial score (nSPS) is 15.0. The van der Waals surface area contributed by atoms with Gasteiger partial charge in [-0.05, 0) is 80.4 Å². The zero-order chi connectivity index (χ0) is 23.4. The topological polar surface area (TPSA) is 127 Å². The number of nitrogens with one attached hydrogen (secondary N) is 1. The van der Waals surface area contributed by atoms with Crippen LogP contribution in [-0.4, -0.2) is 28.5 Å². The van der Waals surface area contributed by atoms with Crippen LogP contribution >= 0.6 is 43.4 Å². The molecule has 32 heavy (non-hydrogen) atoms. The Morgan fingerprint density at radius 1 is 1.28 bits per heavy atom. The zero-order valence-corrected chi connectivity index (χ0v) is 21.5. The Morgan fingerprint density at radius 3 is 2.66 bits per heavy atom. The number of aliphatic imine (C=N–C) groups is 1. The summed E-state index contributed by atoms with van der Waals surface area (Å²) in [6.45, 7) is 1.87. The van der Waals surface area contributed by atoms with Crippen LogP contribution in [0, 0.1) is 6.92 Å². The number of nitrogens with two attached hydrogens (primary N) is 2. The first-order chi connectivity index (χ1) is 15.4. The molecule has 2 aromatic carbocycles. The number of rotatable bonds is 3. The second kappa shape index (κ2) is 10.6. The predicted octanol–water partition coefficient (Wildman–Crippen LogP) is 4.57. The molecule has 6 N–H and O–H groups in total. The monoisotopic (exact) mass is 579 g/mol. The number of aliphatic hydroxyl groups excluding tert-OH is 1. The van der Waals surface area contributed by atoms with Crippen LogP contribution in [0.15, 0.2) is 50.3 Å². The number of aromatic nitrogens is 1. The average molecular weight is 581 g/mol. The van der Waals surface area contributed by atoms with E-state index in [1.165, 1.54) is 11.5 Å². The Kier molecular flexibility index (Phi) is 8.05. The summed E-state index contributed by atoms with van der Waals surface area (Å²) in [7, 11) is 1.00. The predicted molar refractivity (Wildman–Crippen MR) is 137 cm³/mol. The third kappa shape index (κ3) is 4.88. The number of nitrogens with zero attached hydrogens (tertiary/aromatic N) is 2. The maximum absolute atomic E-state index is 13.0. The molecule has 0 radical (unpaired) electrons. The van der Waals surface area contributed by atoms with Gasteiger partial charge in [-0.3, -0.25) is 10.1 Å². The molecule has 0 aliphatic heterocycles. The Bertz CT molecular complexity index is 1160. The Labute approximate surface area is 207 Å². The van der Waals surface area contributed by atoms with Crippen molar-refractivity contribution in [1.82, 2.24) is 9.69 Å². The van der Waals surface area contributed by atoms with Crippen LogP contribution in [0.5, 0.6) is 0 Å². The number of benzene rings is 2. The number of nitrogen functional groups attached to an aromatic ring is 1. The first kappa shape index (κ1) is 24.4. The maximum atomic E-state index is 13.0. The largest absolute Gasteiger partial charge is 0.400 e. The van der Waals surface area contributed by atoms with Crippen LogP contribution in [0.1, 0.15) is 38.8 Å². The van der Waals surface area contributed by atoms with Gasteiger partial charge in [-0.1, -0.05) is 30.3 Å². The Hall–Kier alpha value is -2.27. The van der Waals surface area contributed by atoms with Crippen molar-refractivity contribution in [3.63, 3.8) is 0 Å². The van der Waals surface area contributed by atoms with E-state index in [4.69, 9.17) is 16.6 Å². The van der Waals surface area contributed by atoms with Crippen LogP contribution in [-0.2, 0) is 6.42 Å². The van der Waals surface area contributed by atoms with E-state index >= 15 is 0 Å². The van der Waals surface area contributed by atoms with Crippen molar-refractivity contribution in [3.05, 3.63) is 66.9 Å². The van der Waals surface area contributed by atoms with Gasteiger partial charge < -0.3 is 16.6 Å². The molecule has 4 rings (SSSR count). The van der Waals surface area contributed by atoms with Gasteiger partial charge in [0.25, 0.3) is 5.91 Å². The van der Waals surface area contributed by atoms with Crippen molar-refractivity contribution < 1.29 is 9.90 Å². The molecule has 0 spiro atoms. The summed E-state index contributed by atoms with van der Waals surface area (Å²) in [6.07, 6.45) is 1.64. The number of carbonyl (C=O) groups is 1. The number of aliphatic hydroxyl groups is 1. The number of halogens is 2. The summed E-state index contributed by atoms with van der Waals surface area (Å²) in [5, 5.41) is 9.74. The highest BCUT2D eigenvalue weighted by molar-refractivity contribution is 9.11. The summed E-state index contributed by atoms with van der Waals surface area (Å²) in [5.74, 6) is -0.217. The third-order valence-corrected chi connectivity index (χ3v) is 7.40. The molecule has 3 aromatic rings. The summed E-state index contributed by atoms with van der Waals surface area (Å²) >= 11 is 8.35. The van der Waals surface area contributed by atoms with Crippen LogP contribution < -0.4 is 16.8 Å². The molecule has 0 saturated carbocycles. The first-order valence-corrected chi connectivity index (χ1v) is 12.1. The number of guanidine groups is 1. The SMILES string of the molecule is CO.Cc1snc(-c2ccccc2)c1C(=O)NC(N)=NC1CCc2c1cc(Br)c(N)c2Br. The van der Waals surface area contributed by atoms with Gasteiger partial charge in [-0.15, -0.1) is 0 Å². The quantitative estimate of drug-likeness (QED) is 0.205. The molecule has 1 amide bonds. The third-order valence-electron chi connectivity index (χ3n) is 5.09. The van der Waals surface area contributed by atoms with Gasteiger partial charge >= 0.3 is 0 Å². The van der Waals surface area contributed by atoms with Crippen molar-refractivity contribution in [3.8, 4) is 11.3 Å². The Balaban J connectivity index is 0.00000141. The van der Waals surface area contributed by atoms with Crippen LogP contribution in [0.4, 0.5) is 5.69 Å². The fraction of sp³-hybridized carbons (Fsp3) is 0.227. The molecule has 1 atom stereocenters. The van der Waals surface area contributed by atoms with E-state index in [9.17, 15) is 4.79 Å². The molecule has 0 bridgehead atoms. The first-order valence-electron chi connectivity index (χ1n) is 9.74. The molecule has 7 nitrogen and oxygen atoms in total. The van der Waals surface area contributed by atoms with E-state index < -0.39 is 0 Å². The number of aryl methyl sites for hydroxylation is 1. The molecule has 0 saturated heterocycles. The van der Waals surface area contributed by atoms with Gasteiger partial charge in [0.15, 0.2) is 5.96 Å². The second-order valence-electron chi connectivity index (χ2n) is 7.01. The summed E-state index contributed by atoms with van der Waals surface area (Å²) in [6, 6.07) is 11.5. The molecule has 1 aliphatic rings. The zero-order valence-electron chi connectivity index (χ0n) is 17.5. The fourth-order valence-electron chi connectivity index (χ4n) is 3.63. The number of carbonyl (C=O) groups excluding carboxylic acids is 1.